The zero-order chi connectivity index (χ0) is 15.0. The van der Waals surface area contributed by atoms with E-state index in [2.05, 4.69) is 15.6 Å². The molecule has 0 spiro atoms. The van der Waals surface area contributed by atoms with Gasteiger partial charge in [-0.05, 0) is 18.6 Å². The summed E-state index contributed by atoms with van der Waals surface area (Å²) in [4.78, 5) is 37.1. The van der Waals surface area contributed by atoms with Crippen molar-refractivity contribution in [3.05, 3.63) is 30.1 Å². The molecule has 0 radical (unpaired) electrons. The van der Waals surface area contributed by atoms with Gasteiger partial charge in [0, 0.05) is 12.6 Å². The molecule has 0 bridgehead atoms. The average Bonchev–Trinajstić information content (AvgIpc) is 2.41. The Kier molecular flexibility index (Phi) is 5.95. The van der Waals surface area contributed by atoms with Crippen molar-refractivity contribution in [2.75, 3.05) is 0 Å². The Balaban J connectivity index is 2.41. The molecule has 20 heavy (non-hydrogen) atoms. The number of nitrogens with zero attached hydrogens (tertiary/aromatic N) is 1. The quantitative estimate of drug-likeness (QED) is 0.539. The summed E-state index contributed by atoms with van der Waals surface area (Å²) in [6.45, 7) is 0.175. The average molecular weight is 280 g/mol. The molecule has 1 heterocycles. The third kappa shape index (κ3) is 5.80. The van der Waals surface area contributed by atoms with Gasteiger partial charge in [0.25, 0.3) is 0 Å². The molecule has 5 N–H and O–H groups in total. The largest absolute Gasteiger partial charge is 0.480 e. The first-order valence-electron chi connectivity index (χ1n) is 5.94. The third-order valence-electron chi connectivity index (χ3n) is 2.44. The van der Waals surface area contributed by atoms with Gasteiger partial charge in [-0.25, -0.2) is 9.59 Å². The molecule has 0 fully saturated rings. The highest BCUT2D eigenvalue weighted by molar-refractivity contribution is 5.83. The van der Waals surface area contributed by atoms with Crippen molar-refractivity contribution >= 4 is 17.9 Å². The van der Waals surface area contributed by atoms with Gasteiger partial charge < -0.3 is 21.5 Å². The van der Waals surface area contributed by atoms with E-state index in [1.165, 1.54) is 0 Å². The Labute approximate surface area is 115 Å². The lowest BCUT2D eigenvalue weighted by Gasteiger charge is -2.14. The SMILES string of the molecule is NC(=O)CC[C@@H](NC(=O)NCc1ccccn1)C(=O)O. The van der Waals surface area contributed by atoms with Gasteiger partial charge in [0.1, 0.15) is 6.04 Å². The maximum atomic E-state index is 11.5. The van der Waals surface area contributed by atoms with E-state index in [-0.39, 0.29) is 19.4 Å². The molecule has 0 aliphatic rings. The molecule has 0 aliphatic carbocycles. The molecule has 1 rings (SSSR count). The van der Waals surface area contributed by atoms with E-state index < -0.39 is 23.9 Å². The van der Waals surface area contributed by atoms with E-state index in [9.17, 15) is 14.4 Å². The molecule has 108 valence electrons. The number of carbonyl (C=O) groups excluding carboxylic acids is 2. The van der Waals surface area contributed by atoms with Gasteiger partial charge in [0.2, 0.25) is 5.91 Å². The number of amides is 3. The van der Waals surface area contributed by atoms with Gasteiger partial charge >= 0.3 is 12.0 Å². The zero-order valence-electron chi connectivity index (χ0n) is 10.7. The van der Waals surface area contributed by atoms with Crippen LogP contribution in [0.25, 0.3) is 0 Å². The van der Waals surface area contributed by atoms with E-state index in [1.807, 2.05) is 0 Å². The fourth-order valence-electron chi connectivity index (χ4n) is 1.43. The van der Waals surface area contributed by atoms with Crippen LogP contribution in [0.1, 0.15) is 18.5 Å². The number of pyridine rings is 1. The van der Waals surface area contributed by atoms with E-state index in [0.29, 0.717) is 5.69 Å². The molecular formula is C12H16N4O4. The molecule has 8 nitrogen and oxygen atoms in total. The standard InChI is InChI=1S/C12H16N4O4/c13-10(17)5-4-9(11(18)19)16-12(20)15-7-8-3-1-2-6-14-8/h1-3,6,9H,4-5,7H2,(H2,13,17)(H,18,19)(H2,15,16,20)/t9-/m1/s1. The minimum absolute atomic E-state index is 0.0539. The van der Waals surface area contributed by atoms with Crippen LogP contribution in [0.2, 0.25) is 0 Å². The molecular weight excluding hydrogens is 264 g/mol. The summed E-state index contributed by atoms with van der Waals surface area (Å²) < 4.78 is 0. The molecule has 0 aromatic carbocycles. The van der Waals surface area contributed by atoms with Gasteiger partial charge in [0.15, 0.2) is 0 Å². The smallest absolute Gasteiger partial charge is 0.326 e. The van der Waals surface area contributed by atoms with Crippen molar-refractivity contribution in [2.45, 2.75) is 25.4 Å². The first kappa shape index (κ1) is 15.4. The number of primary amides is 1. The summed E-state index contributed by atoms with van der Waals surface area (Å²) in [6.07, 6.45) is 1.42. The normalized spacial score (nSPS) is 11.4. The second-order valence-electron chi connectivity index (χ2n) is 4.04. The monoisotopic (exact) mass is 280 g/mol. The van der Waals surface area contributed by atoms with E-state index in [0.717, 1.165) is 0 Å². The van der Waals surface area contributed by atoms with Gasteiger partial charge in [-0.3, -0.25) is 9.78 Å². The highest BCUT2D eigenvalue weighted by Crippen LogP contribution is 1.98. The number of aromatic nitrogens is 1. The zero-order valence-corrected chi connectivity index (χ0v) is 10.7. The second-order valence-corrected chi connectivity index (χ2v) is 4.04. The van der Waals surface area contributed by atoms with Gasteiger partial charge in [-0.2, -0.15) is 0 Å². The van der Waals surface area contributed by atoms with Crippen molar-refractivity contribution in [3.63, 3.8) is 0 Å². The van der Waals surface area contributed by atoms with Crippen molar-refractivity contribution in [3.8, 4) is 0 Å². The maximum Gasteiger partial charge on any atom is 0.326 e. The van der Waals surface area contributed by atoms with Crippen LogP contribution in [-0.2, 0) is 16.1 Å². The van der Waals surface area contributed by atoms with Crippen LogP contribution in [0.5, 0.6) is 0 Å². The lowest BCUT2D eigenvalue weighted by Crippen LogP contribution is -2.46. The molecule has 0 unspecified atom stereocenters. The van der Waals surface area contributed by atoms with Crippen LogP contribution in [0.15, 0.2) is 24.4 Å². The van der Waals surface area contributed by atoms with E-state index >= 15 is 0 Å². The lowest BCUT2D eigenvalue weighted by atomic mass is 10.1. The van der Waals surface area contributed by atoms with Crippen LogP contribution in [0, 0.1) is 0 Å². The van der Waals surface area contributed by atoms with Crippen LogP contribution in [0.4, 0.5) is 4.79 Å². The van der Waals surface area contributed by atoms with Crippen molar-refractivity contribution in [1.82, 2.24) is 15.6 Å². The molecule has 1 aromatic heterocycles. The Hall–Kier alpha value is -2.64. The number of urea groups is 1. The second kappa shape index (κ2) is 7.72. The maximum absolute atomic E-state index is 11.5. The summed E-state index contributed by atoms with van der Waals surface area (Å²) in [6, 6.07) is 3.43. The van der Waals surface area contributed by atoms with Gasteiger partial charge in [-0.1, -0.05) is 6.07 Å². The molecule has 8 heteroatoms. The van der Waals surface area contributed by atoms with Crippen molar-refractivity contribution in [2.24, 2.45) is 5.73 Å². The summed E-state index contributed by atoms with van der Waals surface area (Å²) in [7, 11) is 0. The lowest BCUT2D eigenvalue weighted by molar-refractivity contribution is -0.139. The fourth-order valence-corrected chi connectivity index (χ4v) is 1.43. The molecule has 3 amide bonds. The number of carbonyl (C=O) groups is 3. The van der Waals surface area contributed by atoms with E-state index in [4.69, 9.17) is 10.8 Å². The van der Waals surface area contributed by atoms with Gasteiger partial charge in [-0.15, -0.1) is 0 Å². The molecule has 0 saturated carbocycles. The van der Waals surface area contributed by atoms with Crippen LogP contribution >= 0.6 is 0 Å². The number of nitrogens with two attached hydrogens (primary N) is 1. The topological polar surface area (TPSA) is 134 Å². The Morgan fingerprint density at radius 3 is 2.65 bits per heavy atom. The fraction of sp³-hybridized carbons (Fsp3) is 0.333. The summed E-state index contributed by atoms with van der Waals surface area (Å²) in [5.74, 6) is -1.84. The Morgan fingerprint density at radius 1 is 1.35 bits per heavy atom. The predicted molar refractivity (Wildman–Crippen MR) is 69.5 cm³/mol. The highest BCUT2D eigenvalue weighted by atomic mass is 16.4. The highest BCUT2D eigenvalue weighted by Gasteiger charge is 2.20. The number of carboxylic acids is 1. The molecule has 0 aliphatic heterocycles. The van der Waals surface area contributed by atoms with Crippen molar-refractivity contribution in [1.29, 1.82) is 0 Å². The molecule has 0 saturated heterocycles. The van der Waals surface area contributed by atoms with E-state index in [1.54, 1.807) is 24.4 Å². The molecule has 1 atom stereocenters. The number of nitrogens with one attached hydrogen (secondary N) is 2. The number of rotatable bonds is 7. The third-order valence-corrected chi connectivity index (χ3v) is 2.44. The Bertz CT molecular complexity index is 478. The first-order chi connectivity index (χ1) is 9.49. The minimum atomic E-state index is -1.22. The number of aliphatic carboxylic acids is 1. The first-order valence-corrected chi connectivity index (χ1v) is 5.94. The van der Waals surface area contributed by atoms with Crippen LogP contribution in [0.3, 0.4) is 0 Å². The number of carboxylic acid groups (broad SMARTS) is 1. The van der Waals surface area contributed by atoms with Crippen LogP contribution in [-0.4, -0.2) is 34.0 Å². The van der Waals surface area contributed by atoms with Crippen LogP contribution < -0.4 is 16.4 Å². The minimum Gasteiger partial charge on any atom is -0.480 e. The number of hydrogen-bond donors (Lipinski definition) is 4. The van der Waals surface area contributed by atoms with Gasteiger partial charge in [0.05, 0.1) is 12.2 Å². The summed E-state index contributed by atoms with van der Waals surface area (Å²) >= 11 is 0. The predicted octanol–water partition coefficient (Wildman–Crippen LogP) is -0.401. The summed E-state index contributed by atoms with van der Waals surface area (Å²) in [5.41, 5.74) is 5.58. The summed E-state index contributed by atoms with van der Waals surface area (Å²) in [5, 5.41) is 13.7. The van der Waals surface area contributed by atoms with Crippen molar-refractivity contribution < 1.29 is 19.5 Å². The Morgan fingerprint density at radius 2 is 2.10 bits per heavy atom. The molecule has 1 aromatic rings. The number of hydrogen-bond acceptors (Lipinski definition) is 4.